The molecule has 0 aromatic rings. The van der Waals surface area contributed by atoms with Crippen molar-refractivity contribution in [1.82, 2.24) is 4.90 Å². The van der Waals surface area contributed by atoms with E-state index in [0.717, 1.165) is 24.8 Å². The lowest BCUT2D eigenvalue weighted by atomic mass is 10.0. The number of rotatable bonds is 7. The van der Waals surface area contributed by atoms with Gasteiger partial charge in [-0.15, -0.1) is 0 Å². The van der Waals surface area contributed by atoms with Crippen LogP contribution < -0.4 is 0 Å². The maximum atomic E-state index is 4.25. The molecular weight excluding hydrogens is 166 g/mol. The fourth-order valence-corrected chi connectivity index (χ4v) is 1.71. The van der Waals surface area contributed by atoms with Crippen LogP contribution in [-0.4, -0.2) is 30.3 Å². The maximum absolute atomic E-state index is 4.25. The molecule has 0 aromatic heterocycles. The first-order valence-corrected chi connectivity index (χ1v) is 5.74. The van der Waals surface area contributed by atoms with E-state index in [2.05, 4.69) is 38.3 Å². The van der Waals surface area contributed by atoms with E-state index in [0.29, 0.717) is 0 Å². The van der Waals surface area contributed by atoms with E-state index < -0.39 is 0 Å². The minimum atomic E-state index is 0.879. The molecule has 0 saturated carbocycles. The van der Waals surface area contributed by atoms with Crippen molar-refractivity contribution in [2.75, 3.05) is 25.4 Å². The lowest BCUT2D eigenvalue weighted by molar-refractivity contribution is 0.246. The van der Waals surface area contributed by atoms with Crippen molar-refractivity contribution < 1.29 is 0 Å². The van der Waals surface area contributed by atoms with E-state index in [9.17, 15) is 0 Å². The third-order valence-electron chi connectivity index (χ3n) is 2.53. The fraction of sp³-hybridized carbons (Fsp3) is 1.00. The van der Waals surface area contributed by atoms with Crippen molar-refractivity contribution in [1.29, 1.82) is 0 Å². The minimum Gasteiger partial charge on any atom is -0.303 e. The fourth-order valence-electron chi connectivity index (χ4n) is 1.43. The molecule has 0 unspecified atom stereocenters. The van der Waals surface area contributed by atoms with Gasteiger partial charge in [-0.3, -0.25) is 0 Å². The van der Waals surface area contributed by atoms with E-state index >= 15 is 0 Å². The van der Waals surface area contributed by atoms with Gasteiger partial charge in [0.05, 0.1) is 0 Å². The second-order valence-electron chi connectivity index (χ2n) is 3.30. The lowest BCUT2D eigenvalue weighted by Gasteiger charge is -2.24. The van der Waals surface area contributed by atoms with Crippen LogP contribution in [0.2, 0.25) is 0 Å². The van der Waals surface area contributed by atoms with Crippen LogP contribution in [0.25, 0.3) is 0 Å². The largest absolute Gasteiger partial charge is 0.303 e. The van der Waals surface area contributed by atoms with E-state index in [1.807, 2.05) is 0 Å². The Labute approximate surface area is 82.9 Å². The second-order valence-corrected chi connectivity index (χ2v) is 3.75. The lowest BCUT2D eigenvalue weighted by Crippen LogP contribution is -2.30. The van der Waals surface area contributed by atoms with E-state index in [-0.39, 0.29) is 0 Å². The maximum Gasteiger partial charge on any atom is 0.00698 e. The van der Waals surface area contributed by atoms with Gasteiger partial charge >= 0.3 is 0 Å². The van der Waals surface area contributed by atoms with Gasteiger partial charge in [-0.2, -0.15) is 12.6 Å². The molecule has 0 atom stereocenters. The molecule has 0 aromatic carbocycles. The zero-order chi connectivity index (χ0) is 9.40. The quantitative estimate of drug-likeness (QED) is 0.603. The molecular formula is C10H23NS. The molecule has 0 N–H and O–H groups in total. The Kier molecular flexibility index (Phi) is 8.14. The Morgan fingerprint density at radius 2 is 1.75 bits per heavy atom. The number of hydrogen-bond acceptors (Lipinski definition) is 2. The second kappa shape index (κ2) is 7.93. The van der Waals surface area contributed by atoms with E-state index in [4.69, 9.17) is 0 Å². The molecule has 0 fully saturated rings. The van der Waals surface area contributed by atoms with Gasteiger partial charge < -0.3 is 4.90 Å². The Bertz CT molecular complexity index is 91.8. The van der Waals surface area contributed by atoms with Gasteiger partial charge in [0.2, 0.25) is 0 Å². The molecule has 0 heterocycles. The molecule has 0 rings (SSSR count). The normalized spacial score (nSPS) is 11.5. The van der Waals surface area contributed by atoms with Crippen LogP contribution in [-0.2, 0) is 0 Å². The van der Waals surface area contributed by atoms with Crippen LogP contribution in [0, 0.1) is 5.92 Å². The summed E-state index contributed by atoms with van der Waals surface area (Å²) >= 11 is 4.25. The molecule has 0 aliphatic rings. The van der Waals surface area contributed by atoms with Crippen molar-refractivity contribution in [3.63, 3.8) is 0 Å². The minimum absolute atomic E-state index is 0.879. The van der Waals surface area contributed by atoms with Crippen molar-refractivity contribution in [2.24, 2.45) is 5.92 Å². The Morgan fingerprint density at radius 3 is 2.08 bits per heavy atom. The molecule has 0 aliphatic carbocycles. The van der Waals surface area contributed by atoms with Gasteiger partial charge in [0.1, 0.15) is 0 Å². The molecule has 1 nitrogen and oxygen atoms in total. The summed E-state index contributed by atoms with van der Waals surface area (Å²) in [5.74, 6) is 1.86. The predicted octanol–water partition coefficient (Wildman–Crippen LogP) is 2.67. The molecule has 0 radical (unpaired) electrons. The van der Waals surface area contributed by atoms with Crippen LogP contribution in [0.15, 0.2) is 0 Å². The monoisotopic (exact) mass is 189 g/mol. The summed E-state index contributed by atoms with van der Waals surface area (Å²) in [5.41, 5.74) is 0. The van der Waals surface area contributed by atoms with Gasteiger partial charge in [-0.25, -0.2) is 0 Å². The van der Waals surface area contributed by atoms with Crippen molar-refractivity contribution in [3.05, 3.63) is 0 Å². The van der Waals surface area contributed by atoms with Crippen molar-refractivity contribution in [3.8, 4) is 0 Å². The van der Waals surface area contributed by atoms with Gasteiger partial charge in [0.25, 0.3) is 0 Å². The van der Waals surface area contributed by atoms with Crippen LogP contribution in [0.4, 0.5) is 0 Å². The first-order chi connectivity index (χ1) is 5.78. The van der Waals surface area contributed by atoms with E-state index in [1.165, 1.54) is 19.4 Å². The molecule has 0 aliphatic heterocycles. The van der Waals surface area contributed by atoms with Gasteiger partial charge in [-0.05, 0) is 12.5 Å². The predicted molar refractivity (Wildman–Crippen MR) is 60.0 cm³/mol. The van der Waals surface area contributed by atoms with Gasteiger partial charge in [0.15, 0.2) is 0 Å². The molecule has 0 spiro atoms. The number of thiol groups is 1. The summed E-state index contributed by atoms with van der Waals surface area (Å²) in [6.45, 7) is 10.3. The van der Waals surface area contributed by atoms with Crippen LogP contribution >= 0.6 is 12.6 Å². The van der Waals surface area contributed by atoms with Crippen LogP contribution in [0.3, 0.4) is 0 Å². The summed E-state index contributed by atoms with van der Waals surface area (Å²) in [6.07, 6.45) is 2.61. The highest BCUT2D eigenvalue weighted by Crippen LogP contribution is 2.09. The number of hydrogen-bond donors (Lipinski definition) is 1. The molecule has 0 amide bonds. The smallest absolute Gasteiger partial charge is 0.00698 e. The summed E-state index contributed by atoms with van der Waals surface area (Å²) in [7, 11) is 0. The Balaban J connectivity index is 3.65. The first kappa shape index (κ1) is 12.3. The zero-order valence-electron chi connectivity index (χ0n) is 8.71. The molecule has 2 heteroatoms. The van der Waals surface area contributed by atoms with Gasteiger partial charge in [-0.1, -0.05) is 33.6 Å². The van der Waals surface area contributed by atoms with Crippen LogP contribution in [0.5, 0.6) is 0 Å². The summed E-state index contributed by atoms with van der Waals surface area (Å²) in [6, 6.07) is 0. The molecule has 0 bridgehead atoms. The SMILES string of the molecule is CCC(CC)CN(CC)CCS. The molecule has 12 heavy (non-hydrogen) atoms. The van der Waals surface area contributed by atoms with Crippen molar-refractivity contribution >= 4 is 12.6 Å². The van der Waals surface area contributed by atoms with Gasteiger partial charge in [0, 0.05) is 18.8 Å². The third-order valence-corrected chi connectivity index (χ3v) is 2.73. The van der Waals surface area contributed by atoms with Crippen LogP contribution in [0.1, 0.15) is 33.6 Å². The zero-order valence-corrected chi connectivity index (χ0v) is 9.61. The summed E-state index contributed by atoms with van der Waals surface area (Å²) < 4.78 is 0. The first-order valence-electron chi connectivity index (χ1n) is 5.11. The number of nitrogens with zero attached hydrogens (tertiary/aromatic N) is 1. The average Bonchev–Trinajstić information content (AvgIpc) is 2.12. The highest BCUT2D eigenvalue weighted by Gasteiger charge is 2.08. The third kappa shape index (κ3) is 5.04. The Hall–Kier alpha value is 0.310. The topological polar surface area (TPSA) is 3.24 Å². The highest BCUT2D eigenvalue weighted by atomic mass is 32.1. The van der Waals surface area contributed by atoms with E-state index in [1.54, 1.807) is 0 Å². The van der Waals surface area contributed by atoms with Crippen molar-refractivity contribution in [2.45, 2.75) is 33.6 Å². The average molecular weight is 189 g/mol. The Morgan fingerprint density at radius 1 is 1.17 bits per heavy atom. The molecule has 0 saturated heterocycles. The standard InChI is InChI=1S/C10H23NS/c1-4-10(5-2)9-11(6-3)7-8-12/h10,12H,4-9H2,1-3H3. The summed E-state index contributed by atoms with van der Waals surface area (Å²) in [4.78, 5) is 2.49. The highest BCUT2D eigenvalue weighted by molar-refractivity contribution is 7.80. The summed E-state index contributed by atoms with van der Waals surface area (Å²) in [5, 5.41) is 0. The molecule has 74 valence electrons.